The van der Waals surface area contributed by atoms with Gasteiger partial charge in [-0.25, -0.2) is 0 Å². The molecule has 0 saturated heterocycles. The molecule has 0 spiro atoms. The fourth-order valence-corrected chi connectivity index (χ4v) is 2.92. The Balaban J connectivity index is 2.18. The monoisotopic (exact) mass is 331 g/mol. The number of benzene rings is 1. The molecule has 0 bridgehead atoms. The van der Waals surface area contributed by atoms with E-state index >= 15 is 0 Å². The van der Waals surface area contributed by atoms with Crippen LogP contribution in [0, 0.1) is 0 Å². The van der Waals surface area contributed by atoms with E-state index in [0.29, 0.717) is 10.6 Å². The van der Waals surface area contributed by atoms with Gasteiger partial charge in [0, 0.05) is 4.47 Å². The molecule has 2 N–H and O–H groups in total. The van der Waals surface area contributed by atoms with Crippen molar-refractivity contribution in [3.63, 3.8) is 0 Å². The Labute approximate surface area is 120 Å². The number of aliphatic hydroxyl groups excluding tert-OH is 1. The van der Waals surface area contributed by atoms with Crippen LogP contribution in [0.25, 0.3) is 0 Å². The van der Waals surface area contributed by atoms with Crippen LogP contribution in [0.15, 0.2) is 22.7 Å². The predicted molar refractivity (Wildman–Crippen MR) is 74.9 cm³/mol. The molecule has 1 aliphatic carbocycles. The lowest BCUT2D eigenvalue weighted by Gasteiger charge is -2.28. The fourth-order valence-electron chi connectivity index (χ4n) is 2.35. The average molecular weight is 333 g/mol. The highest BCUT2D eigenvalue weighted by molar-refractivity contribution is 9.10. The van der Waals surface area contributed by atoms with Gasteiger partial charge in [-0.15, -0.1) is 0 Å². The maximum atomic E-state index is 12.2. The van der Waals surface area contributed by atoms with Gasteiger partial charge < -0.3 is 10.4 Å². The molecule has 0 radical (unpaired) electrons. The Morgan fingerprint density at radius 3 is 2.72 bits per heavy atom. The molecule has 0 atom stereocenters. The van der Waals surface area contributed by atoms with Crippen LogP contribution in [0.5, 0.6) is 0 Å². The minimum Gasteiger partial charge on any atom is -0.394 e. The molecule has 1 aromatic carbocycles. The Morgan fingerprint density at radius 1 is 1.44 bits per heavy atom. The van der Waals surface area contributed by atoms with Gasteiger partial charge in [0.2, 0.25) is 0 Å². The molecule has 0 unspecified atom stereocenters. The number of carbonyl (C=O) groups excluding carboxylic acids is 1. The van der Waals surface area contributed by atoms with Gasteiger partial charge in [0.1, 0.15) is 0 Å². The lowest BCUT2D eigenvalue weighted by molar-refractivity contribution is 0.0838. The molecule has 0 aliphatic heterocycles. The van der Waals surface area contributed by atoms with Crippen molar-refractivity contribution in [3.8, 4) is 0 Å². The smallest absolute Gasteiger partial charge is 0.253 e. The van der Waals surface area contributed by atoms with E-state index in [-0.39, 0.29) is 12.5 Å². The molecule has 1 fully saturated rings. The molecular formula is C13H15BrClNO2. The zero-order valence-electron chi connectivity index (χ0n) is 9.88. The summed E-state index contributed by atoms with van der Waals surface area (Å²) in [5.74, 6) is -0.225. The van der Waals surface area contributed by atoms with Crippen molar-refractivity contribution in [2.45, 2.75) is 31.2 Å². The minimum atomic E-state index is -0.470. The van der Waals surface area contributed by atoms with E-state index in [1.165, 1.54) is 0 Å². The van der Waals surface area contributed by atoms with E-state index in [4.69, 9.17) is 11.6 Å². The van der Waals surface area contributed by atoms with Crippen LogP contribution in [-0.4, -0.2) is 23.2 Å². The van der Waals surface area contributed by atoms with Crippen molar-refractivity contribution in [2.24, 2.45) is 0 Å². The topological polar surface area (TPSA) is 49.3 Å². The van der Waals surface area contributed by atoms with Gasteiger partial charge in [0.25, 0.3) is 5.91 Å². The first-order valence-corrected chi connectivity index (χ1v) is 7.12. The molecule has 1 amide bonds. The number of aliphatic hydroxyl groups is 1. The minimum absolute atomic E-state index is 0.0235. The van der Waals surface area contributed by atoms with Gasteiger partial charge in [-0.05, 0) is 31.0 Å². The van der Waals surface area contributed by atoms with Gasteiger partial charge in [0.05, 0.1) is 22.7 Å². The first-order chi connectivity index (χ1) is 8.56. The summed E-state index contributed by atoms with van der Waals surface area (Å²) in [7, 11) is 0. The lowest BCUT2D eigenvalue weighted by atomic mass is 9.98. The maximum absolute atomic E-state index is 12.2. The molecular weight excluding hydrogens is 318 g/mol. The summed E-state index contributed by atoms with van der Waals surface area (Å²) in [6, 6.07) is 5.16. The second-order valence-electron chi connectivity index (χ2n) is 4.72. The summed E-state index contributed by atoms with van der Waals surface area (Å²) in [4.78, 5) is 12.2. The first-order valence-electron chi connectivity index (χ1n) is 5.95. The number of nitrogens with one attached hydrogen (secondary N) is 1. The predicted octanol–water partition coefficient (Wildman–Crippen LogP) is 3.14. The fraction of sp³-hybridized carbons (Fsp3) is 0.462. The second kappa shape index (κ2) is 5.59. The van der Waals surface area contributed by atoms with Crippen LogP contribution in [0.2, 0.25) is 5.02 Å². The van der Waals surface area contributed by atoms with Crippen molar-refractivity contribution in [1.29, 1.82) is 0 Å². The third-order valence-corrected chi connectivity index (χ3v) is 4.24. The molecule has 2 rings (SSSR count). The SMILES string of the molecule is O=C(NC1(CO)CCCC1)c1cc(Br)ccc1Cl. The highest BCUT2D eigenvalue weighted by atomic mass is 79.9. The average Bonchev–Trinajstić information content (AvgIpc) is 2.81. The van der Waals surface area contributed by atoms with Crippen LogP contribution in [-0.2, 0) is 0 Å². The van der Waals surface area contributed by atoms with Crippen molar-refractivity contribution in [3.05, 3.63) is 33.3 Å². The highest BCUT2D eigenvalue weighted by Crippen LogP contribution is 2.30. The van der Waals surface area contributed by atoms with Gasteiger partial charge in [-0.2, -0.15) is 0 Å². The molecule has 5 heteroatoms. The van der Waals surface area contributed by atoms with Gasteiger partial charge in [0.15, 0.2) is 0 Å². The summed E-state index contributed by atoms with van der Waals surface area (Å²) in [6.45, 7) is -0.0235. The number of amides is 1. The normalized spacial score (nSPS) is 17.7. The molecule has 3 nitrogen and oxygen atoms in total. The third-order valence-electron chi connectivity index (χ3n) is 3.42. The number of halogens is 2. The number of hydrogen-bond acceptors (Lipinski definition) is 2. The van der Waals surface area contributed by atoms with Crippen LogP contribution in [0.1, 0.15) is 36.0 Å². The van der Waals surface area contributed by atoms with E-state index in [2.05, 4.69) is 21.2 Å². The van der Waals surface area contributed by atoms with E-state index in [1.54, 1.807) is 18.2 Å². The zero-order chi connectivity index (χ0) is 13.2. The summed E-state index contributed by atoms with van der Waals surface area (Å²) in [5.41, 5.74) is -0.0336. The number of rotatable bonds is 3. The van der Waals surface area contributed by atoms with Crippen molar-refractivity contribution >= 4 is 33.4 Å². The standard InChI is InChI=1S/C13H15BrClNO2/c14-9-3-4-11(15)10(7-9)12(18)16-13(8-17)5-1-2-6-13/h3-4,7,17H,1-2,5-6,8H2,(H,16,18). The van der Waals surface area contributed by atoms with Crippen molar-refractivity contribution < 1.29 is 9.90 Å². The van der Waals surface area contributed by atoms with Crippen LogP contribution < -0.4 is 5.32 Å². The maximum Gasteiger partial charge on any atom is 0.253 e. The largest absolute Gasteiger partial charge is 0.394 e. The van der Waals surface area contributed by atoms with E-state index < -0.39 is 5.54 Å². The number of hydrogen-bond donors (Lipinski definition) is 2. The van der Waals surface area contributed by atoms with E-state index in [0.717, 1.165) is 30.2 Å². The van der Waals surface area contributed by atoms with Crippen LogP contribution >= 0.6 is 27.5 Å². The summed E-state index contributed by atoms with van der Waals surface area (Å²) < 4.78 is 0.807. The summed E-state index contributed by atoms with van der Waals surface area (Å²) in [6.07, 6.45) is 3.71. The molecule has 98 valence electrons. The molecule has 1 aromatic rings. The Bertz CT molecular complexity index is 458. The van der Waals surface area contributed by atoms with Crippen molar-refractivity contribution in [1.82, 2.24) is 5.32 Å². The molecule has 1 saturated carbocycles. The third kappa shape index (κ3) is 2.87. The quantitative estimate of drug-likeness (QED) is 0.893. The summed E-state index contributed by atoms with van der Waals surface area (Å²) >= 11 is 9.34. The number of carbonyl (C=O) groups is 1. The molecule has 1 aliphatic rings. The molecule has 0 aromatic heterocycles. The lowest BCUT2D eigenvalue weighted by Crippen LogP contribution is -2.49. The van der Waals surface area contributed by atoms with E-state index in [9.17, 15) is 9.90 Å². The van der Waals surface area contributed by atoms with Gasteiger partial charge in [-0.3, -0.25) is 4.79 Å². The molecule has 18 heavy (non-hydrogen) atoms. The van der Waals surface area contributed by atoms with E-state index in [1.807, 2.05) is 0 Å². The summed E-state index contributed by atoms with van der Waals surface area (Å²) in [5, 5.41) is 12.8. The molecule has 0 heterocycles. The zero-order valence-corrected chi connectivity index (χ0v) is 12.2. The second-order valence-corrected chi connectivity index (χ2v) is 6.05. The first kappa shape index (κ1) is 13.8. The van der Waals surface area contributed by atoms with Crippen molar-refractivity contribution in [2.75, 3.05) is 6.61 Å². The Morgan fingerprint density at radius 2 is 2.11 bits per heavy atom. The van der Waals surface area contributed by atoms with Crippen LogP contribution in [0.4, 0.5) is 0 Å². The van der Waals surface area contributed by atoms with Gasteiger partial charge >= 0.3 is 0 Å². The van der Waals surface area contributed by atoms with Crippen LogP contribution in [0.3, 0.4) is 0 Å². The van der Waals surface area contributed by atoms with Gasteiger partial charge in [-0.1, -0.05) is 40.4 Å². The Hall–Kier alpha value is -0.580. The highest BCUT2D eigenvalue weighted by Gasteiger charge is 2.35. The Kier molecular flexibility index (Phi) is 4.30.